The molecule has 0 aliphatic rings. The van der Waals surface area contributed by atoms with Gasteiger partial charge in [0, 0.05) is 0 Å². The topological polar surface area (TPSA) is 52.0 Å². The number of hydrogen-bond acceptors (Lipinski definition) is 2. The molecule has 0 fully saturated rings. The second-order valence-electron chi connectivity index (χ2n) is 1.63. The summed E-state index contributed by atoms with van der Waals surface area (Å²) in [6, 6.07) is 3.63. The SMILES string of the molecule is Nc1bcccc1N. The Kier molecular flexibility index (Phi) is 1.20. The van der Waals surface area contributed by atoms with Gasteiger partial charge in [0.05, 0.1) is 0 Å². The standard InChI is InChI=1S/C5H7BN2/c7-4-2-1-3-6-5(4)8/h1-3H,7-8H2. The van der Waals surface area contributed by atoms with E-state index in [1.807, 2.05) is 12.0 Å². The summed E-state index contributed by atoms with van der Waals surface area (Å²) in [5.41, 5.74) is 12.1. The fourth-order valence-corrected chi connectivity index (χ4v) is 0.511. The van der Waals surface area contributed by atoms with Gasteiger partial charge in [-0.1, -0.05) is 0 Å². The van der Waals surface area contributed by atoms with Crippen LogP contribution in [0, 0.1) is 0 Å². The molecule has 3 heteroatoms. The van der Waals surface area contributed by atoms with E-state index in [0.29, 0.717) is 11.3 Å². The summed E-state index contributed by atoms with van der Waals surface area (Å²) < 4.78 is 0. The van der Waals surface area contributed by atoms with Gasteiger partial charge >= 0.3 is 47.7 Å². The van der Waals surface area contributed by atoms with Crippen LogP contribution in [0.3, 0.4) is 0 Å². The molecule has 2 nitrogen and oxygen atoms in total. The molecule has 0 atom stereocenters. The third-order valence-electron chi connectivity index (χ3n) is 0.996. The Morgan fingerprint density at radius 1 is 1.38 bits per heavy atom. The van der Waals surface area contributed by atoms with Crippen LogP contribution < -0.4 is 11.5 Å². The van der Waals surface area contributed by atoms with E-state index in [1.54, 1.807) is 13.0 Å². The molecule has 0 radical (unpaired) electrons. The summed E-state index contributed by atoms with van der Waals surface area (Å²) in [6.07, 6.45) is 0. The van der Waals surface area contributed by atoms with Crippen molar-refractivity contribution in [2.75, 3.05) is 11.5 Å². The summed E-state index contributed by atoms with van der Waals surface area (Å²) in [5.74, 6) is 1.85. The van der Waals surface area contributed by atoms with Crippen LogP contribution in [-0.4, -0.2) is 6.91 Å². The van der Waals surface area contributed by atoms with E-state index in [0.717, 1.165) is 0 Å². The summed E-state index contributed by atoms with van der Waals surface area (Å²) in [6.45, 7) is 1.77. The molecule has 0 spiro atoms. The molecule has 0 aromatic carbocycles. The van der Waals surface area contributed by atoms with E-state index in [4.69, 9.17) is 11.5 Å². The van der Waals surface area contributed by atoms with Crippen molar-refractivity contribution in [2.24, 2.45) is 0 Å². The van der Waals surface area contributed by atoms with Crippen molar-refractivity contribution >= 4 is 18.2 Å². The fourth-order valence-electron chi connectivity index (χ4n) is 0.511. The van der Waals surface area contributed by atoms with Crippen LogP contribution in [0.5, 0.6) is 0 Å². The van der Waals surface area contributed by atoms with Gasteiger partial charge in [0.15, 0.2) is 0 Å². The molecule has 1 rings (SSSR count). The average molecular weight is 106 g/mol. The van der Waals surface area contributed by atoms with Gasteiger partial charge < -0.3 is 0 Å². The van der Waals surface area contributed by atoms with Crippen LogP contribution in [0.4, 0.5) is 11.3 Å². The van der Waals surface area contributed by atoms with Crippen molar-refractivity contribution in [3.8, 4) is 0 Å². The van der Waals surface area contributed by atoms with Crippen LogP contribution in [0.25, 0.3) is 0 Å². The maximum atomic E-state index is 5.39. The molecule has 40 valence electrons. The Labute approximate surface area is 48.7 Å². The number of nitrogens with two attached hydrogens (primary N) is 2. The van der Waals surface area contributed by atoms with Crippen molar-refractivity contribution in [3.05, 3.63) is 18.1 Å². The fraction of sp³-hybridized carbons (Fsp3) is 0. The second-order valence-corrected chi connectivity index (χ2v) is 1.63. The zero-order valence-corrected chi connectivity index (χ0v) is 4.46. The van der Waals surface area contributed by atoms with Gasteiger partial charge in [-0.3, -0.25) is 0 Å². The minimum atomic E-state index is 0.646. The summed E-state index contributed by atoms with van der Waals surface area (Å²) in [7, 11) is 0. The molecule has 0 saturated carbocycles. The maximum absolute atomic E-state index is 5.39. The van der Waals surface area contributed by atoms with Gasteiger partial charge in [-0.15, -0.1) is 0 Å². The van der Waals surface area contributed by atoms with Crippen molar-refractivity contribution in [1.29, 1.82) is 0 Å². The number of anilines is 2. The molecule has 1 aromatic heterocycles. The van der Waals surface area contributed by atoms with Crippen molar-refractivity contribution in [2.45, 2.75) is 0 Å². The molecule has 0 amide bonds. The third kappa shape index (κ3) is 0.806. The Bertz CT molecular complexity index is 167. The predicted octanol–water partition coefficient (Wildman–Crippen LogP) is 0.189. The van der Waals surface area contributed by atoms with Crippen LogP contribution in [0.2, 0.25) is 0 Å². The van der Waals surface area contributed by atoms with Crippen LogP contribution in [0.1, 0.15) is 0 Å². The molecule has 0 aliphatic carbocycles. The summed E-state index contributed by atoms with van der Waals surface area (Å²) in [4.78, 5) is 0. The first-order chi connectivity index (χ1) is 3.80. The molecule has 0 saturated heterocycles. The summed E-state index contributed by atoms with van der Waals surface area (Å²) >= 11 is 0. The molecule has 8 heavy (non-hydrogen) atoms. The van der Waals surface area contributed by atoms with E-state index in [9.17, 15) is 0 Å². The molecule has 1 aromatic rings. The van der Waals surface area contributed by atoms with Gasteiger partial charge in [0.1, 0.15) is 0 Å². The molecule has 4 N–H and O–H groups in total. The van der Waals surface area contributed by atoms with E-state index >= 15 is 0 Å². The Hall–Kier alpha value is -0.985. The van der Waals surface area contributed by atoms with E-state index in [1.165, 1.54) is 0 Å². The van der Waals surface area contributed by atoms with E-state index in [-0.39, 0.29) is 0 Å². The molecule has 0 aliphatic heterocycles. The Morgan fingerprint density at radius 2 is 2.12 bits per heavy atom. The number of rotatable bonds is 0. The van der Waals surface area contributed by atoms with E-state index in [2.05, 4.69) is 0 Å². The van der Waals surface area contributed by atoms with Crippen molar-refractivity contribution in [1.82, 2.24) is 0 Å². The first-order valence-corrected chi connectivity index (χ1v) is 2.40. The van der Waals surface area contributed by atoms with E-state index < -0.39 is 0 Å². The molecule has 1 heterocycles. The van der Waals surface area contributed by atoms with Gasteiger partial charge in [-0.05, 0) is 0 Å². The van der Waals surface area contributed by atoms with Crippen LogP contribution in [-0.2, 0) is 0 Å². The van der Waals surface area contributed by atoms with Crippen molar-refractivity contribution < 1.29 is 0 Å². The third-order valence-corrected chi connectivity index (χ3v) is 0.996. The monoisotopic (exact) mass is 106 g/mol. The predicted molar refractivity (Wildman–Crippen MR) is 36.6 cm³/mol. The van der Waals surface area contributed by atoms with Crippen LogP contribution in [0.15, 0.2) is 18.1 Å². The average Bonchev–Trinajstić information content (AvgIpc) is 1.77. The summed E-state index contributed by atoms with van der Waals surface area (Å²) in [5, 5.41) is 0. The van der Waals surface area contributed by atoms with Gasteiger partial charge in [0.2, 0.25) is 0 Å². The van der Waals surface area contributed by atoms with Crippen molar-refractivity contribution in [3.63, 3.8) is 0 Å². The second kappa shape index (κ2) is 1.86. The normalized spacial score (nSPS) is 8.50. The molecule has 0 bridgehead atoms. The Balaban J connectivity index is 3.13. The molecular formula is C5H7BN2. The zero-order chi connectivity index (χ0) is 5.98. The quantitative estimate of drug-likeness (QED) is 0.495. The van der Waals surface area contributed by atoms with Gasteiger partial charge in [-0.25, -0.2) is 0 Å². The minimum absolute atomic E-state index is 0.646. The number of hydrogen-bond donors (Lipinski definition) is 2. The molecule has 0 unspecified atom stereocenters. The molecular weight excluding hydrogens is 98.9 g/mol. The van der Waals surface area contributed by atoms with Gasteiger partial charge in [-0.2, -0.15) is 0 Å². The Morgan fingerprint density at radius 3 is 2.50 bits per heavy atom. The number of nitrogen functional groups attached to an aromatic ring is 2. The van der Waals surface area contributed by atoms with Gasteiger partial charge in [0.25, 0.3) is 0 Å². The van der Waals surface area contributed by atoms with Crippen LogP contribution >= 0.6 is 0 Å². The first-order valence-electron chi connectivity index (χ1n) is 2.40. The zero-order valence-electron chi connectivity index (χ0n) is 4.46. The first kappa shape index (κ1) is 5.16.